The van der Waals surface area contributed by atoms with Crippen molar-refractivity contribution in [1.82, 2.24) is 0 Å². The molecule has 9 nitrogen and oxygen atoms in total. The Morgan fingerprint density at radius 1 is 0.949 bits per heavy atom. The number of esters is 1. The number of hydrogen-bond donors (Lipinski definition) is 1. The lowest BCUT2D eigenvalue weighted by Crippen LogP contribution is -2.29. The molecular formula is C29H27ClN2O7. The van der Waals surface area contributed by atoms with Crippen LogP contribution in [0.5, 0.6) is 11.5 Å². The number of halogens is 1. The summed E-state index contributed by atoms with van der Waals surface area (Å²) in [4.78, 5) is 42.4. The van der Waals surface area contributed by atoms with Gasteiger partial charge in [0, 0.05) is 31.5 Å². The van der Waals surface area contributed by atoms with Crippen LogP contribution in [0.4, 0.5) is 11.4 Å². The molecule has 1 aliphatic rings. The number of methoxy groups -OCH3 is 3. The predicted octanol–water partition coefficient (Wildman–Crippen LogP) is 4.84. The van der Waals surface area contributed by atoms with E-state index in [4.69, 9.17) is 25.8 Å². The van der Waals surface area contributed by atoms with E-state index in [0.29, 0.717) is 11.3 Å². The number of anilines is 2. The third kappa shape index (κ3) is 5.00. The summed E-state index contributed by atoms with van der Waals surface area (Å²) in [5.74, 6) is -2.36. The second kappa shape index (κ2) is 11.1. The molecule has 39 heavy (non-hydrogen) atoms. The Kier molecular flexibility index (Phi) is 7.83. The highest BCUT2D eigenvalue weighted by Crippen LogP contribution is 2.45. The van der Waals surface area contributed by atoms with Crippen molar-refractivity contribution in [3.63, 3.8) is 0 Å². The first-order valence-electron chi connectivity index (χ1n) is 11.8. The normalized spacial score (nSPS) is 16.3. The number of amides is 1. The molecule has 1 unspecified atom stereocenters. The van der Waals surface area contributed by atoms with Crippen LogP contribution in [-0.4, -0.2) is 58.2 Å². The molecular weight excluding hydrogens is 524 g/mol. The molecule has 0 radical (unpaired) electrons. The molecule has 1 aliphatic heterocycles. The van der Waals surface area contributed by atoms with Crippen molar-refractivity contribution in [3.8, 4) is 11.5 Å². The summed E-state index contributed by atoms with van der Waals surface area (Å²) < 4.78 is 15.5. The largest absolute Gasteiger partial charge is 0.507 e. The summed E-state index contributed by atoms with van der Waals surface area (Å²) in [5, 5.41) is 11.7. The van der Waals surface area contributed by atoms with Gasteiger partial charge in [-0.3, -0.25) is 14.5 Å². The Labute approximate surface area is 230 Å². The van der Waals surface area contributed by atoms with Crippen molar-refractivity contribution in [3.05, 3.63) is 87.9 Å². The molecule has 0 bridgehead atoms. The van der Waals surface area contributed by atoms with Crippen molar-refractivity contribution in [1.29, 1.82) is 0 Å². The number of ether oxygens (including phenoxy) is 3. The van der Waals surface area contributed by atoms with Gasteiger partial charge in [0.1, 0.15) is 17.3 Å². The van der Waals surface area contributed by atoms with Crippen molar-refractivity contribution in [2.75, 3.05) is 45.2 Å². The molecule has 3 aromatic rings. The number of hydrogen-bond acceptors (Lipinski definition) is 8. The van der Waals surface area contributed by atoms with E-state index in [0.717, 1.165) is 5.69 Å². The summed E-state index contributed by atoms with van der Waals surface area (Å²) in [6.45, 7) is 0. The Morgan fingerprint density at radius 3 is 2.21 bits per heavy atom. The standard InChI is InChI=1S/C29H27ClN2O7/c1-31(2)18-11-9-16(10-12-18)25-24(26(33)20-14-21(30)23(38-4)15-22(20)37-3)27(34)28(35)32(25)19-8-6-7-17(13-19)29(36)39-5/h6-15,25,33H,1-5H3/b26-24+. The van der Waals surface area contributed by atoms with Crippen molar-refractivity contribution in [2.45, 2.75) is 6.04 Å². The lowest BCUT2D eigenvalue weighted by Gasteiger charge is -2.26. The molecule has 0 saturated carbocycles. The van der Waals surface area contributed by atoms with E-state index in [1.54, 1.807) is 24.3 Å². The van der Waals surface area contributed by atoms with Crippen LogP contribution in [0.1, 0.15) is 27.5 Å². The fourth-order valence-corrected chi connectivity index (χ4v) is 4.70. The Balaban J connectivity index is 1.98. The van der Waals surface area contributed by atoms with Crippen LogP contribution in [0, 0.1) is 0 Å². The van der Waals surface area contributed by atoms with Gasteiger partial charge in [-0.25, -0.2) is 4.79 Å². The van der Waals surface area contributed by atoms with Gasteiger partial charge < -0.3 is 24.2 Å². The predicted molar refractivity (Wildman–Crippen MR) is 148 cm³/mol. The van der Waals surface area contributed by atoms with Gasteiger partial charge in [-0.2, -0.15) is 0 Å². The van der Waals surface area contributed by atoms with Crippen LogP contribution < -0.4 is 19.3 Å². The second-order valence-corrected chi connectivity index (χ2v) is 9.29. The van der Waals surface area contributed by atoms with Crippen LogP contribution in [0.25, 0.3) is 5.76 Å². The van der Waals surface area contributed by atoms with E-state index in [2.05, 4.69) is 0 Å². The van der Waals surface area contributed by atoms with Gasteiger partial charge >= 0.3 is 5.97 Å². The summed E-state index contributed by atoms with van der Waals surface area (Å²) in [7, 11) is 7.86. The molecule has 1 saturated heterocycles. The quantitative estimate of drug-likeness (QED) is 0.193. The topological polar surface area (TPSA) is 106 Å². The van der Waals surface area contributed by atoms with E-state index in [1.165, 1.54) is 50.5 Å². The molecule has 1 fully saturated rings. The Hall–Kier alpha value is -4.50. The van der Waals surface area contributed by atoms with E-state index in [1.807, 2.05) is 31.1 Å². The molecule has 0 aromatic heterocycles. The molecule has 1 heterocycles. The highest BCUT2D eigenvalue weighted by molar-refractivity contribution is 6.51. The van der Waals surface area contributed by atoms with Crippen molar-refractivity contribution < 1.29 is 33.7 Å². The Bertz CT molecular complexity index is 1480. The van der Waals surface area contributed by atoms with Crippen LogP contribution in [0.2, 0.25) is 5.02 Å². The van der Waals surface area contributed by atoms with Crippen LogP contribution in [0.3, 0.4) is 0 Å². The van der Waals surface area contributed by atoms with Crippen molar-refractivity contribution >= 4 is 46.4 Å². The average Bonchev–Trinajstić information content (AvgIpc) is 3.22. The number of carbonyl (C=O) groups is 3. The Morgan fingerprint density at radius 2 is 1.62 bits per heavy atom. The molecule has 4 rings (SSSR count). The van der Waals surface area contributed by atoms with Gasteiger partial charge in [0.05, 0.1) is 49.1 Å². The number of carbonyl (C=O) groups excluding carboxylic acids is 3. The summed E-state index contributed by atoms with van der Waals surface area (Å²) in [6, 6.07) is 15.3. The van der Waals surface area contributed by atoms with Gasteiger partial charge in [-0.15, -0.1) is 0 Å². The minimum atomic E-state index is -1.03. The molecule has 0 aliphatic carbocycles. The molecule has 10 heteroatoms. The molecule has 3 aromatic carbocycles. The zero-order valence-corrected chi connectivity index (χ0v) is 22.8. The lowest BCUT2D eigenvalue weighted by atomic mass is 9.94. The first kappa shape index (κ1) is 27.5. The summed E-state index contributed by atoms with van der Waals surface area (Å²) in [5.41, 5.74) is 1.87. The highest BCUT2D eigenvalue weighted by atomic mass is 35.5. The number of ketones is 1. The molecule has 202 valence electrons. The van der Waals surface area contributed by atoms with Gasteiger partial charge in [0.2, 0.25) is 0 Å². The maximum atomic E-state index is 13.5. The number of aliphatic hydroxyl groups is 1. The van der Waals surface area contributed by atoms with Crippen LogP contribution in [-0.2, 0) is 14.3 Å². The first-order valence-corrected chi connectivity index (χ1v) is 12.2. The lowest BCUT2D eigenvalue weighted by molar-refractivity contribution is -0.132. The summed E-state index contributed by atoms with van der Waals surface area (Å²) in [6.07, 6.45) is 0. The van der Waals surface area contributed by atoms with E-state index >= 15 is 0 Å². The fourth-order valence-electron chi connectivity index (χ4n) is 4.46. The summed E-state index contributed by atoms with van der Waals surface area (Å²) >= 11 is 6.34. The SMILES string of the molecule is COC(=O)c1cccc(N2C(=O)C(=O)/C(=C(/O)c3cc(Cl)c(OC)cc3OC)C2c2ccc(N(C)C)cc2)c1. The van der Waals surface area contributed by atoms with Gasteiger partial charge in [0.15, 0.2) is 0 Å². The van der Waals surface area contributed by atoms with E-state index in [-0.39, 0.29) is 33.2 Å². The number of aliphatic hydroxyl groups excluding tert-OH is 1. The molecule has 1 atom stereocenters. The highest BCUT2D eigenvalue weighted by Gasteiger charge is 2.47. The smallest absolute Gasteiger partial charge is 0.337 e. The van der Waals surface area contributed by atoms with E-state index in [9.17, 15) is 19.5 Å². The molecule has 1 N–H and O–H groups in total. The molecule has 1 amide bonds. The van der Waals surface area contributed by atoms with Gasteiger partial charge in [-0.05, 0) is 42.0 Å². The fraction of sp³-hybridized carbons (Fsp3) is 0.207. The minimum absolute atomic E-state index is 0.111. The number of rotatable bonds is 7. The third-order valence-electron chi connectivity index (χ3n) is 6.44. The van der Waals surface area contributed by atoms with E-state index < -0.39 is 29.5 Å². The second-order valence-electron chi connectivity index (χ2n) is 8.88. The monoisotopic (exact) mass is 550 g/mol. The third-order valence-corrected chi connectivity index (χ3v) is 6.74. The number of benzene rings is 3. The van der Waals surface area contributed by atoms with Crippen molar-refractivity contribution in [2.24, 2.45) is 0 Å². The number of nitrogens with zero attached hydrogens (tertiary/aromatic N) is 2. The zero-order chi connectivity index (χ0) is 28.4. The van der Waals surface area contributed by atoms with Crippen LogP contribution in [0.15, 0.2) is 66.2 Å². The molecule has 0 spiro atoms. The maximum Gasteiger partial charge on any atom is 0.337 e. The zero-order valence-electron chi connectivity index (χ0n) is 22.0. The van der Waals surface area contributed by atoms with Gasteiger partial charge in [0.25, 0.3) is 11.7 Å². The minimum Gasteiger partial charge on any atom is -0.507 e. The van der Waals surface area contributed by atoms with Crippen LogP contribution >= 0.6 is 11.6 Å². The number of Topliss-reactive ketones (excluding diaryl/α,β-unsaturated/α-hetero) is 1. The average molecular weight is 551 g/mol. The first-order chi connectivity index (χ1) is 18.6. The van der Waals surface area contributed by atoms with Gasteiger partial charge in [-0.1, -0.05) is 29.8 Å². The maximum absolute atomic E-state index is 13.5.